The van der Waals surface area contributed by atoms with Gasteiger partial charge >= 0.3 is 6.03 Å². The highest BCUT2D eigenvalue weighted by molar-refractivity contribution is 5.96. The van der Waals surface area contributed by atoms with Crippen LogP contribution in [-0.2, 0) is 4.79 Å². The Morgan fingerprint density at radius 3 is 2.63 bits per heavy atom. The highest BCUT2D eigenvalue weighted by Gasteiger charge is 2.11. The predicted octanol–water partition coefficient (Wildman–Crippen LogP) is -1.27. The lowest BCUT2D eigenvalue weighted by molar-refractivity contribution is -0.120. The van der Waals surface area contributed by atoms with Crippen LogP contribution in [0.25, 0.3) is 11.2 Å². The highest BCUT2D eigenvalue weighted by atomic mass is 16.2. The summed E-state index contributed by atoms with van der Waals surface area (Å²) in [6.07, 6.45) is 1.89. The van der Waals surface area contributed by atoms with Crippen molar-refractivity contribution in [1.29, 1.82) is 0 Å². The number of imide groups is 1. The first-order valence-electron chi connectivity index (χ1n) is 5.36. The van der Waals surface area contributed by atoms with Gasteiger partial charge in [-0.15, -0.1) is 0 Å². The molecule has 0 bridgehead atoms. The lowest BCUT2D eigenvalue weighted by Gasteiger charge is -2.10. The van der Waals surface area contributed by atoms with E-state index in [9.17, 15) is 9.59 Å². The van der Waals surface area contributed by atoms with Crippen LogP contribution in [0.2, 0.25) is 0 Å². The molecule has 2 aromatic rings. The molecule has 19 heavy (non-hydrogen) atoms. The Kier molecular flexibility index (Phi) is 3.41. The van der Waals surface area contributed by atoms with Gasteiger partial charge in [0.25, 0.3) is 0 Å². The van der Waals surface area contributed by atoms with Crippen LogP contribution in [0.1, 0.15) is 6.42 Å². The number of anilines is 2. The van der Waals surface area contributed by atoms with Gasteiger partial charge < -0.3 is 21.8 Å². The molecular formula is C9H12N8O2. The Hall–Kier alpha value is -2.91. The largest absolute Gasteiger partial charge is 0.382 e. The van der Waals surface area contributed by atoms with Crippen LogP contribution in [0.15, 0.2) is 6.33 Å². The topological polar surface area (TPSA) is 165 Å². The van der Waals surface area contributed by atoms with E-state index in [0.717, 1.165) is 0 Å². The van der Waals surface area contributed by atoms with Crippen molar-refractivity contribution in [3.8, 4) is 0 Å². The number of imidazole rings is 1. The first-order valence-corrected chi connectivity index (χ1v) is 5.36. The number of urea groups is 1. The number of H-pyrrole nitrogens is 1. The summed E-state index contributed by atoms with van der Waals surface area (Å²) < 4.78 is 0. The molecule has 0 aliphatic carbocycles. The first-order chi connectivity index (χ1) is 9.06. The van der Waals surface area contributed by atoms with Gasteiger partial charge in [-0.2, -0.15) is 9.97 Å². The maximum atomic E-state index is 10.3. The number of carbonyl (C=O) groups is 2. The second kappa shape index (κ2) is 5.16. The van der Waals surface area contributed by atoms with Crippen LogP contribution in [0.5, 0.6) is 0 Å². The molecule has 1 aliphatic rings. The van der Waals surface area contributed by atoms with E-state index in [1.165, 1.54) is 6.33 Å². The molecule has 10 nitrogen and oxygen atoms in total. The normalized spacial score (nSPS) is 14.3. The number of nitrogens with one attached hydrogen (secondary N) is 3. The minimum absolute atomic E-state index is 0.141. The average molecular weight is 264 g/mol. The smallest absolute Gasteiger partial charge is 0.321 e. The van der Waals surface area contributed by atoms with Gasteiger partial charge in [-0.3, -0.25) is 10.1 Å². The zero-order chi connectivity index (χ0) is 13.8. The van der Waals surface area contributed by atoms with E-state index in [-0.39, 0.29) is 17.9 Å². The lowest BCUT2D eigenvalue weighted by Crippen LogP contribution is -2.46. The molecule has 1 saturated heterocycles. The summed E-state index contributed by atoms with van der Waals surface area (Å²) in [4.78, 5) is 34.8. The monoisotopic (exact) mass is 264 g/mol. The van der Waals surface area contributed by atoms with Gasteiger partial charge in [-0.1, -0.05) is 0 Å². The van der Waals surface area contributed by atoms with Gasteiger partial charge in [0.15, 0.2) is 11.5 Å². The van der Waals surface area contributed by atoms with Crippen molar-refractivity contribution in [1.82, 2.24) is 30.6 Å². The number of carbonyl (C=O) groups excluding carboxylic acids is 2. The fourth-order valence-corrected chi connectivity index (χ4v) is 1.40. The Balaban J connectivity index is 0.000000148. The molecule has 3 rings (SSSR count). The number of hydrogen-bond acceptors (Lipinski definition) is 7. The molecule has 100 valence electrons. The maximum Gasteiger partial charge on any atom is 0.321 e. The van der Waals surface area contributed by atoms with Crippen LogP contribution in [0.3, 0.4) is 0 Å². The molecular weight excluding hydrogens is 252 g/mol. The molecule has 2 aromatic heterocycles. The summed E-state index contributed by atoms with van der Waals surface area (Å²) in [6.45, 7) is 0.463. The Bertz CT molecular complexity index is 608. The zero-order valence-corrected chi connectivity index (χ0v) is 9.80. The Morgan fingerprint density at radius 2 is 2.00 bits per heavy atom. The molecule has 1 aliphatic heterocycles. The number of fused-ring (bicyclic) bond motifs is 1. The molecule has 0 aromatic carbocycles. The Morgan fingerprint density at radius 1 is 1.21 bits per heavy atom. The first kappa shape index (κ1) is 12.5. The summed E-state index contributed by atoms with van der Waals surface area (Å²) in [7, 11) is 0. The van der Waals surface area contributed by atoms with Crippen LogP contribution < -0.4 is 22.1 Å². The lowest BCUT2D eigenvalue weighted by atomic mass is 10.3. The molecule has 0 radical (unpaired) electrons. The van der Waals surface area contributed by atoms with E-state index in [1.54, 1.807) is 0 Å². The van der Waals surface area contributed by atoms with Gasteiger partial charge in [0.05, 0.1) is 6.33 Å². The summed E-state index contributed by atoms with van der Waals surface area (Å²) in [5, 5.41) is 4.53. The van der Waals surface area contributed by atoms with Gasteiger partial charge in [-0.05, 0) is 0 Å². The van der Waals surface area contributed by atoms with E-state index in [2.05, 4.69) is 30.6 Å². The van der Waals surface area contributed by atoms with Crippen molar-refractivity contribution >= 4 is 34.9 Å². The van der Waals surface area contributed by atoms with Crippen molar-refractivity contribution in [2.24, 2.45) is 0 Å². The highest BCUT2D eigenvalue weighted by Crippen LogP contribution is 2.12. The number of nitrogens with zero attached hydrogens (tertiary/aromatic N) is 3. The van der Waals surface area contributed by atoms with E-state index < -0.39 is 0 Å². The third-order valence-electron chi connectivity index (χ3n) is 2.22. The van der Waals surface area contributed by atoms with E-state index in [1.807, 2.05) is 0 Å². The van der Waals surface area contributed by atoms with Crippen molar-refractivity contribution in [3.05, 3.63) is 6.33 Å². The van der Waals surface area contributed by atoms with Crippen LogP contribution in [0.4, 0.5) is 16.6 Å². The molecule has 7 N–H and O–H groups in total. The number of rotatable bonds is 0. The van der Waals surface area contributed by atoms with Gasteiger partial charge in [0.2, 0.25) is 11.9 Å². The molecule has 0 atom stereocenters. The number of hydrogen-bond donors (Lipinski definition) is 5. The van der Waals surface area contributed by atoms with Crippen LogP contribution >= 0.6 is 0 Å². The standard InChI is InChI=1S/C5H6N6.C4H6N2O2/c6-3-2-4(9-1-8-2)11-5(7)10-3;7-3-1-2-5-4(8)6-3/h1H,(H5,6,7,8,9,10,11);1-2H2,(H2,5,6,7,8). The number of aromatic nitrogens is 4. The second-order valence-corrected chi connectivity index (χ2v) is 3.62. The minimum atomic E-state index is -0.388. The van der Waals surface area contributed by atoms with Crippen molar-refractivity contribution < 1.29 is 9.59 Å². The summed E-state index contributed by atoms with van der Waals surface area (Å²) in [5.41, 5.74) is 11.9. The van der Waals surface area contributed by atoms with Gasteiger partial charge in [0.1, 0.15) is 5.52 Å². The third-order valence-corrected chi connectivity index (χ3v) is 2.22. The summed E-state index contributed by atoms with van der Waals surface area (Å²) in [6, 6.07) is -0.388. The Labute approximate surface area is 107 Å². The maximum absolute atomic E-state index is 10.3. The van der Waals surface area contributed by atoms with E-state index in [4.69, 9.17) is 11.5 Å². The summed E-state index contributed by atoms with van der Waals surface area (Å²) >= 11 is 0. The molecule has 3 heterocycles. The van der Waals surface area contributed by atoms with Crippen LogP contribution in [-0.4, -0.2) is 38.4 Å². The molecule has 0 unspecified atom stereocenters. The predicted molar refractivity (Wildman–Crippen MR) is 66.7 cm³/mol. The van der Waals surface area contributed by atoms with Crippen LogP contribution in [0, 0.1) is 0 Å². The van der Waals surface area contributed by atoms with Crippen molar-refractivity contribution in [2.75, 3.05) is 18.0 Å². The number of aromatic amines is 1. The fraction of sp³-hybridized carbons (Fsp3) is 0.222. The number of nitrogens with two attached hydrogens (primary N) is 2. The second-order valence-electron chi connectivity index (χ2n) is 3.62. The molecule has 3 amide bonds. The number of amides is 3. The summed E-state index contributed by atoms with van der Waals surface area (Å²) in [5.74, 6) is 0.265. The fourth-order valence-electron chi connectivity index (χ4n) is 1.40. The van der Waals surface area contributed by atoms with Crippen molar-refractivity contribution in [3.63, 3.8) is 0 Å². The molecule has 0 saturated carbocycles. The third kappa shape index (κ3) is 3.06. The molecule has 10 heteroatoms. The van der Waals surface area contributed by atoms with E-state index >= 15 is 0 Å². The quantitative estimate of drug-likeness (QED) is 0.395. The van der Waals surface area contributed by atoms with Gasteiger partial charge in [0, 0.05) is 13.0 Å². The SMILES string of the molecule is Nc1nc(N)c2[nH]cnc2n1.O=C1CCNC(=O)N1. The van der Waals surface area contributed by atoms with E-state index in [0.29, 0.717) is 29.9 Å². The number of nitrogen functional groups attached to an aromatic ring is 2. The average Bonchev–Trinajstić information content (AvgIpc) is 2.77. The van der Waals surface area contributed by atoms with Crippen molar-refractivity contribution in [2.45, 2.75) is 6.42 Å². The zero-order valence-electron chi connectivity index (χ0n) is 9.80. The van der Waals surface area contributed by atoms with Gasteiger partial charge in [-0.25, -0.2) is 9.78 Å². The minimum Gasteiger partial charge on any atom is -0.382 e. The molecule has 1 fully saturated rings. The molecule has 0 spiro atoms.